The number of H-pyrrole nitrogens is 1. The largest absolute Gasteiger partial charge is 0.505 e. The molecule has 166 valence electrons. The van der Waals surface area contributed by atoms with Crippen molar-refractivity contribution in [1.29, 1.82) is 0 Å². The average Bonchev–Trinajstić information content (AvgIpc) is 3.52. The standard InChI is InChI=1S/C25H23N5O3/c1-14-23(25(33)30(29-14)19-10-9-16-5-3-6-17(16)11-19)28-27-21-8-4-7-20(24(21)32)18-12-22(15(2)31)26-13-18/h4,7-13,26-27,32H,3,5-6H2,1-2H3/b28-23-. The first-order chi connectivity index (χ1) is 15.9. The smallest absolute Gasteiger partial charge is 0.301 e. The summed E-state index contributed by atoms with van der Waals surface area (Å²) in [4.78, 5) is 27.5. The zero-order valence-electron chi connectivity index (χ0n) is 18.3. The number of nitrogens with zero attached hydrogens (tertiary/aromatic N) is 3. The molecule has 8 heteroatoms. The molecular formula is C25H23N5O3. The van der Waals surface area contributed by atoms with E-state index in [2.05, 4.69) is 26.7 Å². The lowest BCUT2D eigenvalue weighted by molar-refractivity contribution is -0.112. The summed E-state index contributed by atoms with van der Waals surface area (Å²) in [6.45, 7) is 3.20. The zero-order chi connectivity index (χ0) is 23.1. The number of hydrogen-bond donors (Lipinski definition) is 3. The maximum atomic E-state index is 13.0. The number of ketones is 1. The van der Waals surface area contributed by atoms with Crippen molar-refractivity contribution in [3.05, 3.63) is 65.5 Å². The molecule has 0 fully saturated rings. The van der Waals surface area contributed by atoms with Crippen LogP contribution in [0.15, 0.2) is 58.9 Å². The van der Waals surface area contributed by atoms with Crippen LogP contribution < -0.4 is 10.4 Å². The maximum Gasteiger partial charge on any atom is 0.301 e. The summed E-state index contributed by atoms with van der Waals surface area (Å²) in [5.74, 6) is -0.458. The summed E-state index contributed by atoms with van der Waals surface area (Å²) >= 11 is 0. The van der Waals surface area contributed by atoms with Crippen LogP contribution in [0.4, 0.5) is 11.4 Å². The van der Waals surface area contributed by atoms with Crippen molar-refractivity contribution in [3.63, 3.8) is 0 Å². The van der Waals surface area contributed by atoms with Crippen LogP contribution in [0.2, 0.25) is 0 Å². The Labute approximate surface area is 190 Å². The lowest BCUT2D eigenvalue weighted by Crippen LogP contribution is -2.28. The Morgan fingerprint density at radius 1 is 1.18 bits per heavy atom. The number of aryl methyl sites for hydroxylation is 2. The molecule has 0 bridgehead atoms. The van der Waals surface area contributed by atoms with E-state index in [9.17, 15) is 14.7 Å². The summed E-state index contributed by atoms with van der Waals surface area (Å²) in [6.07, 6.45) is 4.88. The minimum absolute atomic E-state index is 0.0357. The van der Waals surface area contributed by atoms with Crippen LogP contribution in [0.1, 0.15) is 41.9 Å². The number of Topliss-reactive ketones (excluding diaryl/α,β-unsaturated/α-hetero) is 1. The molecule has 0 saturated carbocycles. The molecule has 0 radical (unpaired) electrons. The van der Waals surface area contributed by atoms with Gasteiger partial charge in [0, 0.05) is 24.2 Å². The number of aromatic hydroxyl groups is 1. The SMILES string of the molecule is CC(=O)c1cc(-c2cccc(N/N=C3\C(=O)N(c4ccc5c(c4)CCC5)N=C3C)c2O)c[nH]1. The molecule has 2 heterocycles. The van der Waals surface area contributed by atoms with Gasteiger partial charge < -0.3 is 10.1 Å². The number of rotatable bonds is 5. The van der Waals surface area contributed by atoms with E-state index in [1.165, 1.54) is 23.1 Å². The summed E-state index contributed by atoms with van der Waals surface area (Å²) in [5, 5.41) is 20.8. The average molecular weight is 441 g/mol. The minimum Gasteiger partial charge on any atom is -0.505 e. The molecule has 1 aromatic heterocycles. The Kier molecular flexibility index (Phi) is 5.05. The fraction of sp³-hybridized carbons (Fsp3) is 0.200. The number of phenols is 1. The van der Waals surface area contributed by atoms with Gasteiger partial charge in [0.05, 0.1) is 22.8 Å². The summed E-state index contributed by atoms with van der Waals surface area (Å²) in [6, 6.07) is 12.8. The predicted molar refractivity (Wildman–Crippen MR) is 128 cm³/mol. The normalized spacial score (nSPS) is 16.3. The zero-order valence-corrected chi connectivity index (χ0v) is 18.3. The molecule has 3 aromatic rings. The van der Waals surface area contributed by atoms with Crippen molar-refractivity contribution in [2.75, 3.05) is 10.4 Å². The number of aromatic amines is 1. The van der Waals surface area contributed by atoms with Gasteiger partial charge in [-0.3, -0.25) is 15.0 Å². The molecule has 3 N–H and O–H groups in total. The first-order valence-corrected chi connectivity index (χ1v) is 10.8. The number of hydrogen-bond acceptors (Lipinski definition) is 6. The predicted octanol–water partition coefficient (Wildman–Crippen LogP) is 4.27. The Morgan fingerprint density at radius 2 is 2.00 bits per heavy atom. The number of nitrogens with one attached hydrogen (secondary N) is 2. The third-order valence-corrected chi connectivity index (χ3v) is 6.01. The second-order valence-electron chi connectivity index (χ2n) is 8.24. The van der Waals surface area contributed by atoms with E-state index in [0.717, 1.165) is 24.9 Å². The molecule has 0 spiro atoms. The number of anilines is 2. The molecule has 1 aliphatic carbocycles. The van der Waals surface area contributed by atoms with Crippen molar-refractivity contribution < 1.29 is 14.7 Å². The molecule has 1 aliphatic heterocycles. The number of aromatic nitrogens is 1. The van der Waals surface area contributed by atoms with Gasteiger partial charge in [-0.1, -0.05) is 18.2 Å². The monoisotopic (exact) mass is 441 g/mol. The molecule has 2 aromatic carbocycles. The van der Waals surface area contributed by atoms with Crippen molar-refractivity contribution >= 4 is 34.5 Å². The van der Waals surface area contributed by atoms with E-state index in [4.69, 9.17) is 0 Å². The van der Waals surface area contributed by atoms with E-state index >= 15 is 0 Å². The van der Waals surface area contributed by atoms with Gasteiger partial charge in [0.1, 0.15) is 5.75 Å². The van der Waals surface area contributed by atoms with Crippen LogP contribution in [0.3, 0.4) is 0 Å². The quantitative estimate of drug-likeness (QED) is 0.312. The van der Waals surface area contributed by atoms with E-state index in [-0.39, 0.29) is 23.2 Å². The lowest BCUT2D eigenvalue weighted by atomic mass is 10.1. The highest BCUT2D eigenvalue weighted by molar-refractivity contribution is 6.71. The first kappa shape index (κ1) is 20.7. The van der Waals surface area contributed by atoms with Crippen molar-refractivity contribution in [1.82, 2.24) is 4.98 Å². The molecule has 0 atom stereocenters. The Hall–Kier alpha value is -4.20. The number of carbonyl (C=O) groups is 2. The fourth-order valence-corrected chi connectivity index (χ4v) is 4.23. The Morgan fingerprint density at radius 3 is 2.79 bits per heavy atom. The van der Waals surface area contributed by atoms with Gasteiger partial charge in [0.2, 0.25) is 0 Å². The Bertz CT molecular complexity index is 1350. The van der Waals surface area contributed by atoms with Gasteiger partial charge in [-0.15, -0.1) is 0 Å². The summed E-state index contributed by atoms with van der Waals surface area (Å²) in [5.41, 5.74) is 8.78. The van der Waals surface area contributed by atoms with Gasteiger partial charge in [-0.25, -0.2) is 0 Å². The highest BCUT2D eigenvalue weighted by Gasteiger charge is 2.31. The number of para-hydroxylation sites is 1. The second kappa shape index (κ2) is 8.05. The van der Waals surface area contributed by atoms with Crippen LogP contribution in [0, 0.1) is 0 Å². The number of benzene rings is 2. The molecular weight excluding hydrogens is 418 g/mol. The molecule has 0 saturated heterocycles. The Balaban J connectivity index is 1.39. The van der Waals surface area contributed by atoms with Crippen molar-refractivity contribution in [2.24, 2.45) is 10.2 Å². The number of fused-ring (bicyclic) bond motifs is 1. The highest BCUT2D eigenvalue weighted by atomic mass is 16.3. The number of amides is 1. The van der Waals surface area contributed by atoms with E-state index in [1.807, 2.05) is 12.1 Å². The van der Waals surface area contributed by atoms with Crippen LogP contribution >= 0.6 is 0 Å². The van der Waals surface area contributed by atoms with Crippen molar-refractivity contribution in [2.45, 2.75) is 33.1 Å². The topological polar surface area (TPSA) is 110 Å². The van der Waals surface area contributed by atoms with E-state index in [1.54, 1.807) is 37.4 Å². The van der Waals surface area contributed by atoms with Crippen LogP contribution in [0.25, 0.3) is 11.1 Å². The maximum absolute atomic E-state index is 13.0. The molecule has 0 unspecified atom stereocenters. The van der Waals surface area contributed by atoms with E-state index in [0.29, 0.717) is 28.2 Å². The minimum atomic E-state index is -0.328. The third kappa shape index (κ3) is 3.69. The molecule has 2 aliphatic rings. The van der Waals surface area contributed by atoms with Gasteiger partial charge >= 0.3 is 5.91 Å². The van der Waals surface area contributed by atoms with Gasteiger partial charge in [-0.05, 0) is 61.6 Å². The lowest BCUT2D eigenvalue weighted by Gasteiger charge is -2.13. The molecule has 5 rings (SSSR count). The molecule has 33 heavy (non-hydrogen) atoms. The van der Waals surface area contributed by atoms with Crippen molar-refractivity contribution in [3.8, 4) is 16.9 Å². The highest BCUT2D eigenvalue weighted by Crippen LogP contribution is 2.36. The molecule has 1 amide bonds. The molecule has 8 nitrogen and oxygen atoms in total. The van der Waals surface area contributed by atoms with Gasteiger partial charge in [0.25, 0.3) is 0 Å². The van der Waals surface area contributed by atoms with E-state index < -0.39 is 0 Å². The number of carbonyl (C=O) groups excluding carboxylic acids is 2. The van der Waals surface area contributed by atoms with Gasteiger partial charge in [0.15, 0.2) is 11.5 Å². The number of phenolic OH excluding ortho intramolecular Hbond substituents is 1. The summed E-state index contributed by atoms with van der Waals surface area (Å²) < 4.78 is 0. The fourth-order valence-electron chi connectivity index (χ4n) is 4.23. The number of hydrazone groups is 2. The van der Waals surface area contributed by atoms with Gasteiger partial charge in [-0.2, -0.15) is 15.2 Å². The van der Waals surface area contributed by atoms with Crippen LogP contribution in [-0.2, 0) is 17.6 Å². The van der Waals surface area contributed by atoms with Crippen LogP contribution in [-0.4, -0.2) is 33.2 Å². The second-order valence-corrected chi connectivity index (χ2v) is 8.24. The summed E-state index contributed by atoms with van der Waals surface area (Å²) in [7, 11) is 0. The third-order valence-electron chi connectivity index (χ3n) is 6.01. The van der Waals surface area contributed by atoms with Crippen LogP contribution in [0.5, 0.6) is 5.75 Å². The first-order valence-electron chi connectivity index (χ1n) is 10.8.